The van der Waals surface area contributed by atoms with Gasteiger partial charge in [0, 0.05) is 44.1 Å². The maximum Gasteiger partial charge on any atom is 0.341 e. The maximum atomic E-state index is 11.5. The van der Waals surface area contributed by atoms with Crippen LogP contribution in [0.3, 0.4) is 0 Å². The van der Waals surface area contributed by atoms with Crippen LogP contribution in [-0.2, 0) is 11.3 Å². The van der Waals surface area contributed by atoms with E-state index < -0.39 is 11.4 Å². The first kappa shape index (κ1) is 13.8. The van der Waals surface area contributed by atoms with Gasteiger partial charge in [-0.1, -0.05) is 0 Å². The van der Waals surface area contributed by atoms with Crippen molar-refractivity contribution in [3.8, 4) is 0 Å². The highest BCUT2D eigenvalue weighted by Gasteiger charge is 2.13. The molecule has 6 nitrogen and oxygen atoms in total. The first-order valence-corrected chi connectivity index (χ1v) is 6.32. The Morgan fingerprint density at radius 2 is 2.05 bits per heavy atom. The van der Waals surface area contributed by atoms with E-state index in [1.54, 1.807) is 0 Å². The minimum Gasteiger partial charge on any atom is -0.477 e. The number of ether oxygens (including phenoxy) is 1. The van der Waals surface area contributed by atoms with E-state index >= 15 is 0 Å². The monoisotopic (exact) mass is 266 g/mol. The Balaban J connectivity index is 2.08. The molecule has 1 N–H and O–H groups in total. The van der Waals surface area contributed by atoms with Gasteiger partial charge in [0.2, 0.25) is 0 Å². The molecule has 0 bridgehead atoms. The molecule has 1 fully saturated rings. The standard InChI is InChI=1S/C13H18N2O4/c1-10-8-12(16)11(13(17)18)9-15(10)3-2-14-4-6-19-7-5-14/h8-9H,2-7H2,1H3,(H,17,18). The first-order chi connectivity index (χ1) is 9.08. The van der Waals surface area contributed by atoms with Crippen molar-refractivity contribution in [3.05, 3.63) is 33.7 Å². The highest BCUT2D eigenvalue weighted by Crippen LogP contribution is 2.02. The Bertz CT molecular complexity index is 518. The fourth-order valence-electron chi connectivity index (χ4n) is 2.15. The van der Waals surface area contributed by atoms with E-state index in [0.717, 1.165) is 38.5 Å². The Kier molecular flexibility index (Phi) is 4.34. The number of aromatic nitrogens is 1. The average Bonchev–Trinajstić information content (AvgIpc) is 2.38. The lowest BCUT2D eigenvalue weighted by molar-refractivity contribution is 0.0363. The van der Waals surface area contributed by atoms with Crippen molar-refractivity contribution >= 4 is 5.97 Å². The number of rotatable bonds is 4. The van der Waals surface area contributed by atoms with E-state index in [9.17, 15) is 9.59 Å². The Morgan fingerprint density at radius 1 is 1.37 bits per heavy atom. The molecule has 19 heavy (non-hydrogen) atoms. The number of aryl methyl sites for hydroxylation is 1. The molecule has 1 aliphatic rings. The summed E-state index contributed by atoms with van der Waals surface area (Å²) in [6.07, 6.45) is 1.43. The topological polar surface area (TPSA) is 71.8 Å². The molecule has 1 aromatic heterocycles. The van der Waals surface area contributed by atoms with Gasteiger partial charge >= 0.3 is 5.97 Å². The molecule has 0 saturated carbocycles. The number of nitrogens with zero attached hydrogens (tertiary/aromatic N) is 2. The summed E-state index contributed by atoms with van der Waals surface area (Å²) in [4.78, 5) is 24.7. The third-order valence-corrected chi connectivity index (χ3v) is 3.33. The van der Waals surface area contributed by atoms with E-state index in [-0.39, 0.29) is 5.56 Å². The van der Waals surface area contributed by atoms with Crippen LogP contribution in [0.4, 0.5) is 0 Å². The van der Waals surface area contributed by atoms with Gasteiger partial charge in [-0.05, 0) is 6.92 Å². The Labute approximate surface area is 111 Å². The van der Waals surface area contributed by atoms with Crippen molar-refractivity contribution in [1.29, 1.82) is 0 Å². The molecule has 0 unspecified atom stereocenters. The van der Waals surface area contributed by atoms with Crippen LogP contribution in [0.25, 0.3) is 0 Å². The van der Waals surface area contributed by atoms with Gasteiger partial charge in [-0.3, -0.25) is 9.69 Å². The summed E-state index contributed by atoms with van der Waals surface area (Å²) in [5.41, 5.74) is 0.170. The van der Waals surface area contributed by atoms with Crippen molar-refractivity contribution < 1.29 is 14.6 Å². The van der Waals surface area contributed by atoms with E-state index in [1.807, 2.05) is 11.5 Å². The van der Waals surface area contributed by atoms with Crippen LogP contribution >= 0.6 is 0 Å². The van der Waals surface area contributed by atoms with Crippen LogP contribution in [0.1, 0.15) is 16.1 Å². The molecule has 104 valence electrons. The minimum absolute atomic E-state index is 0.174. The maximum absolute atomic E-state index is 11.5. The number of pyridine rings is 1. The van der Waals surface area contributed by atoms with E-state index in [2.05, 4.69) is 4.90 Å². The second kappa shape index (κ2) is 5.99. The summed E-state index contributed by atoms with van der Waals surface area (Å²) in [7, 11) is 0. The first-order valence-electron chi connectivity index (χ1n) is 6.32. The molecule has 0 amide bonds. The van der Waals surface area contributed by atoms with E-state index in [4.69, 9.17) is 9.84 Å². The summed E-state index contributed by atoms with van der Waals surface area (Å²) in [6.45, 7) is 6.58. The highest BCUT2D eigenvalue weighted by molar-refractivity contribution is 5.87. The average molecular weight is 266 g/mol. The zero-order valence-electron chi connectivity index (χ0n) is 11.0. The molecule has 0 aromatic carbocycles. The number of hydrogen-bond donors (Lipinski definition) is 1. The molecule has 1 aromatic rings. The third kappa shape index (κ3) is 3.42. The molecule has 2 heterocycles. The van der Waals surface area contributed by atoms with Crippen LogP contribution in [0.15, 0.2) is 17.1 Å². The van der Waals surface area contributed by atoms with Gasteiger partial charge < -0.3 is 14.4 Å². The normalized spacial score (nSPS) is 16.5. The lowest BCUT2D eigenvalue weighted by Crippen LogP contribution is -2.38. The quantitative estimate of drug-likeness (QED) is 0.842. The predicted molar refractivity (Wildman–Crippen MR) is 69.7 cm³/mol. The number of carboxylic acids is 1. The molecule has 0 spiro atoms. The summed E-state index contributed by atoms with van der Waals surface area (Å²) in [5, 5.41) is 8.96. The van der Waals surface area contributed by atoms with Crippen molar-refractivity contribution in [2.24, 2.45) is 0 Å². The fourth-order valence-corrected chi connectivity index (χ4v) is 2.15. The van der Waals surface area contributed by atoms with Crippen LogP contribution in [-0.4, -0.2) is 53.4 Å². The largest absolute Gasteiger partial charge is 0.477 e. The summed E-state index contributed by atoms with van der Waals surface area (Å²) >= 11 is 0. The number of hydrogen-bond acceptors (Lipinski definition) is 4. The smallest absolute Gasteiger partial charge is 0.341 e. The van der Waals surface area contributed by atoms with Crippen molar-refractivity contribution in [2.45, 2.75) is 13.5 Å². The molecule has 2 rings (SSSR count). The van der Waals surface area contributed by atoms with Crippen LogP contribution in [0.5, 0.6) is 0 Å². The predicted octanol–water partition coefficient (Wildman–Crippen LogP) is 0.187. The lowest BCUT2D eigenvalue weighted by Gasteiger charge is -2.27. The minimum atomic E-state index is -1.18. The lowest BCUT2D eigenvalue weighted by atomic mass is 10.2. The molecular weight excluding hydrogens is 248 g/mol. The molecular formula is C13H18N2O4. The van der Waals surface area contributed by atoms with Gasteiger partial charge in [-0.25, -0.2) is 4.79 Å². The second-order valence-electron chi connectivity index (χ2n) is 4.65. The third-order valence-electron chi connectivity index (χ3n) is 3.33. The fraction of sp³-hybridized carbons (Fsp3) is 0.538. The highest BCUT2D eigenvalue weighted by atomic mass is 16.5. The Hall–Kier alpha value is -1.66. The van der Waals surface area contributed by atoms with E-state index in [1.165, 1.54) is 12.3 Å². The van der Waals surface area contributed by atoms with Crippen molar-refractivity contribution in [1.82, 2.24) is 9.47 Å². The van der Waals surface area contributed by atoms with Gasteiger partial charge in [0.15, 0.2) is 5.43 Å². The Morgan fingerprint density at radius 3 is 2.68 bits per heavy atom. The number of carboxylic acid groups (broad SMARTS) is 1. The van der Waals surface area contributed by atoms with Crippen LogP contribution in [0.2, 0.25) is 0 Å². The summed E-state index contributed by atoms with van der Waals surface area (Å²) < 4.78 is 7.09. The molecule has 1 saturated heterocycles. The molecule has 0 atom stereocenters. The molecule has 6 heteroatoms. The van der Waals surface area contributed by atoms with Gasteiger partial charge in [0.1, 0.15) is 5.56 Å². The second-order valence-corrected chi connectivity index (χ2v) is 4.65. The van der Waals surface area contributed by atoms with Crippen molar-refractivity contribution in [2.75, 3.05) is 32.8 Å². The molecule has 0 aliphatic carbocycles. The SMILES string of the molecule is Cc1cc(=O)c(C(=O)O)cn1CCN1CCOCC1. The zero-order valence-corrected chi connectivity index (χ0v) is 11.0. The van der Waals surface area contributed by atoms with Gasteiger partial charge in [-0.15, -0.1) is 0 Å². The molecule has 0 radical (unpaired) electrons. The summed E-state index contributed by atoms with van der Waals surface area (Å²) in [5.74, 6) is -1.18. The van der Waals surface area contributed by atoms with E-state index in [0.29, 0.717) is 6.54 Å². The van der Waals surface area contributed by atoms with Gasteiger partial charge in [0.05, 0.1) is 13.2 Å². The van der Waals surface area contributed by atoms with Gasteiger partial charge in [-0.2, -0.15) is 0 Å². The summed E-state index contributed by atoms with van der Waals surface area (Å²) in [6, 6.07) is 1.38. The number of morpholine rings is 1. The van der Waals surface area contributed by atoms with Gasteiger partial charge in [0.25, 0.3) is 0 Å². The van der Waals surface area contributed by atoms with Crippen molar-refractivity contribution in [3.63, 3.8) is 0 Å². The number of aromatic carboxylic acids is 1. The number of carbonyl (C=O) groups is 1. The molecule has 1 aliphatic heterocycles. The van der Waals surface area contributed by atoms with Crippen LogP contribution < -0.4 is 5.43 Å². The zero-order chi connectivity index (χ0) is 13.8. The van der Waals surface area contributed by atoms with Crippen LogP contribution in [0, 0.1) is 6.92 Å².